The van der Waals surface area contributed by atoms with Gasteiger partial charge in [0.2, 0.25) is 0 Å². The number of amides is 1. The van der Waals surface area contributed by atoms with E-state index in [-0.39, 0.29) is 5.91 Å². The van der Waals surface area contributed by atoms with Crippen LogP contribution in [0, 0.1) is 20.8 Å². The molecule has 0 unspecified atom stereocenters. The van der Waals surface area contributed by atoms with Crippen LogP contribution < -0.4 is 5.32 Å². The highest BCUT2D eigenvalue weighted by molar-refractivity contribution is 6.04. The first-order valence-corrected chi connectivity index (χ1v) is 6.33. The molecule has 2 heterocycles. The molecule has 0 fully saturated rings. The molecule has 0 aliphatic heterocycles. The Morgan fingerprint density at radius 2 is 2.00 bits per heavy atom. The molecule has 2 aromatic heterocycles. The van der Waals surface area contributed by atoms with Crippen LogP contribution in [0.3, 0.4) is 0 Å². The summed E-state index contributed by atoms with van der Waals surface area (Å²) in [6, 6.07) is 3.92. The lowest BCUT2D eigenvalue weighted by Gasteiger charge is -2.13. The fraction of sp³-hybridized carbons (Fsp3) is 0.429. The fourth-order valence-electron chi connectivity index (χ4n) is 2.41. The molecule has 1 amide bonds. The van der Waals surface area contributed by atoms with E-state index in [2.05, 4.69) is 28.9 Å². The molecule has 0 saturated carbocycles. The maximum atomic E-state index is 12.2. The molecular formula is C14H19N3O2. The van der Waals surface area contributed by atoms with Crippen LogP contribution in [-0.2, 0) is 0 Å². The zero-order chi connectivity index (χ0) is 14.2. The van der Waals surface area contributed by atoms with Crippen LogP contribution in [0.25, 0.3) is 0 Å². The minimum Gasteiger partial charge on any atom is -0.360 e. The number of nitrogens with one attached hydrogen (secondary N) is 1. The minimum atomic E-state index is -0.159. The Kier molecular flexibility index (Phi) is 3.46. The molecule has 0 aliphatic carbocycles. The van der Waals surface area contributed by atoms with E-state index in [1.165, 1.54) is 0 Å². The summed E-state index contributed by atoms with van der Waals surface area (Å²) in [6.07, 6.45) is 0. The summed E-state index contributed by atoms with van der Waals surface area (Å²) < 4.78 is 7.07. The average Bonchev–Trinajstić information content (AvgIpc) is 2.82. The zero-order valence-electron chi connectivity index (χ0n) is 11.9. The summed E-state index contributed by atoms with van der Waals surface area (Å²) in [5.74, 6) is 0.952. The van der Waals surface area contributed by atoms with Gasteiger partial charge in [-0.1, -0.05) is 5.16 Å². The van der Waals surface area contributed by atoms with Crippen LogP contribution in [0.1, 0.15) is 47.4 Å². The van der Waals surface area contributed by atoms with Crippen molar-refractivity contribution >= 4 is 11.7 Å². The van der Waals surface area contributed by atoms with Crippen molar-refractivity contribution in [3.05, 3.63) is 34.8 Å². The van der Waals surface area contributed by atoms with Gasteiger partial charge in [-0.2, -0.15) is 0 Å². The second-order valence-corrected chi connectivity index (χ2v) is 5.03. The number of rotatable bonds is 3. The van der Waals surface area contributed by atoms with Crippen LogP contribution in [0.5, 0.6) is 0 Å². The Labute approximate surface area is 112 Å². The SMILES string of the molecule is Cc1cc(NC(=O)c2cc(C)n(C(C)C)c2C)no1. The van der Waals surface area contributed by atoms with Crippen molar-refractivity contribution in [2.75, 3.05) is 5.32 Å². The molecule has 5 nitrogen and oxygen atoms in total. The van der Waals surface area contributed by atoms with Crippen molar-refractivity contribution in [2.45, 2.75) is 40.7 Å². The van der Waals surface area contributed by atoms with Gasteiger partial charge in [-0.3, -0.25) is 4.79 Å². The Hall–Kier alpha value is -2.04. The van der Waals surface area contributed by atoms with E-state index in [4.69, 9.17) is 4.52 Å². The van der Waals surface area contributed by atoms with Gasteiger partial charge >= 0.3 is 0 Å². The Morgan fingerprint density at radius 3 is 2.47 bits per heavy atom. The van der Waals surface area contributed by atoms with E-state index in [9.17, 15) is 4.79 Å². The molecule has 0 spiro atoms. The summed E-state index contributed by atoms with van der Waals surface area (Å²) in [6.45, 7) is 9.94. The highest BCUT2D eigenvalue weighted by Crippen LogP contribution is 2.21. The van der Waals surface area contributed by atoms with Crippen molar-refractivity contribution < 1.29 is 9.32 Å². The third-order valence-corrected chi connectivity index (χ3v) is 3.11. The Balaban J connectivity index is 2.27. The van der Waals surface area contributed by atoms with Crippen LogP contribution in [-0.4, -0.2) is 15.6 Å². The van der Waals surface area contributed by atoms with E-state index in [1.807, 2.05) is 19.9 Å². The Morgan fingerprint density at radius 1 is 1.32 bits per heavy atom. The normalized spacial score (nSPS) is 11.1. The van der Waals surface area contributed by atoms with Gasteiger partial charge in [0.15, 0.2) is 5.82 Å². The molecule has 5 heteroatoms. The first-order chi connectivity index (χ1) is 8.90. The van der Waals surface area contributed by atoms with Gasteiger partial charge in [0.25, 0.3) is 5.91 Å². The lowest BCUT2D eigenvalue weighted by Crippen LogP contribution is -2.14. The lowest BCUT2D eigenvalue weighted by atomic mass is 10.2. The van der Waals surface area contributed by atoms with Gasteiger partial charge in [-0.25, -0.2) is 0 Å². The van der Waals surface area contributed by atoms with Crippen molar-refractivity contribution in [1.29, 1.82) is 0 Å². The van der Waals surface area contributed by atoms with E-state index in [1.54, 1.807) is 13.0 Å². The molecule has 0 saturated heterocycles. The van der Waals surface area contributed by atoms with E-state index < -0.39 is 0 Å². The molecule has 1 N–H and O–H groups in total. The second kappa shape index (κ2) is 4.91. The molecular weight excluding hydrogens is 242 g/mol. The monoisotopic (exact) mass is 261 g/mol. The largest absolute Gasteiger partial charge is 0.360 e. The highest BCUT2D eigenvalue weighted by Gasteiger charge is 2.18. The molecule has 0 aromatic carbocycles. The summed E-state index contributed by atoms with van der Waals surface area (Å²) >= 11 is 0. The topological polar surface area (TPSA) is 60.1 Å². The second-order valence-electron chi connectivity index (χ2n) is 5.03. The van der Waals surface area contributed by atoms with Crippen molar-refractivity contribution in [3.63, 3.8) is 0 Å². The molecule has 2 aromatic rings. The van der Waals surface area contributed by atoms with Gasteiger partial charge in [0.1, 0.15) is 5.76 Å². The quantitative estimate of drug-likeness (QED) is 0.922. The molecule has 102 valence electrons. The summed E-state index contributed by atoms with van der Waals surface area (Å²) in [5.41, 5.74) is 2.71. The van der Waals surface area contributed by atoms with Gasteiger partial charge in [-0.05, 0) is 40.7 Å². The number of hydrogen-bond donors (Lipinski definition) is 1. The van der Waals surface area contributed by atoms with E-state index in [0.717, 1.165) is 11.4 Å². The smallest absolute Gasteiger partial charge is 0.258 e. The van der Waals surface area contributed by atoms with Crippen molar-refractivity contribution in [2.24, 2.45) is 0 Å². The van der Waals surface area contributed by atoms with E-state index >= 15 is 0 Å². The average molecular weight is 261 g/mol. The number of aryl methyl sites for hydroxylation is 2. The lowest BCUT2D eigenvalue weighted by molar-refractivity contribution is 0.102. The third kappa shape index (κ3) is 2.54. The van der Waals surface area contributed by atoms with Crippen LogP contribution >= 0.6 is 0 Å². The number of nitrogens with zero attached hydrogens (tertiary/aromatic N) is 2. The summed E-state index contributed by atoms with van der Waals surface area (Å²) in [5, 5.41) is 6.50. The summed E-state index contributed by atoms with van der Waals surface area (Å²) in [4.78, 5) is 12.2. The van der Waals surface area contributed by atoms with Crippen molar-refractivity contribution in [1.82, 2.24) is 9.72 Å². The molecule has 0 bridgehead atoms. The zero-order valence-corrected chi connectivity index (χ0v) is 11.9. The molecule has 0 aliphatic rings. The fourth-order valence-corrected chi connectivity index (χ4v) is 2.41. The minimum absolute atomic E-state index is 0.159. The number of hydrogen-bond acceptors (Lipinski definition) is 3. The predicted octanol–water partition coefficient (Wildman–Crippen LogP) is 3.23. The van der Waals surface area contributed by atoms with Gasteiger partial charge in [0, 0.05) is 23.5 Å². The number of aromatic nitrogens is 2. The standard InChI is InChI=1S/C14H19N3O2/c1-8(2)17-9(3)6-12(11(17)5)14(18)15-13-7-10(4)19-16-13/h6-8H,1-5H3,(H,15,16,18). The van der Waals surface area contributed by atoms with Crippen LogP contribution in [0.4, 0.5) is 5.82 Å². The van der Waals surface area contributed by atoms with Gasteiger partial charge in [-0.15, -0.1) is 0 Å². The maximum Gasteiger partial charge on any atom is 0.258 e. The van der Waals surface area contributed by atoms with Crippen molar-refractivity contribution in [3.8, 4) is 0 Å². The number of anilines is 1. The molecule has 0 radical (unpaired) electrons. The highest BCUT2D eigenvalue weighted by atomic mass is 16.5. The summed E-state index contributed by atoms with van der Waals surface area (Å²) in [7, 11) is 0. The number of carbonyl (C=O) groups excluding carboxylic acids is 1. The van der Waals surface area contributed by atoms with Gasteiger partial charge in [0.05, 0.1) is 5.56 Å². The number of carbonyl (C=O) groups is 1. The maximum absolute atomic E-state index is 12.2. The first-order valence-electron chi connectivity index (χ1n) is 6.33. The molecule has 2 rings (SSSR count). The van der Waals surface area contributed by atoms with E-state index in [0.29, 0.717) is 23.2 Å². The molecule has 0 atom stereocenters. The van der Waals surface area contributed by atoms with Crippen LogP contribution in [0.2, 0.25) is 0 Å². The third-order valence-electron chi connectivity index (χ3n) is 3.11. The Bertz CT molecular complexity index is 608. The first kappa shape index (κ1) is 13.4. The molecule has 19 heavy (non-hydrogen) atoms. The van der Waals surface area contributed by atoms with Crippen LogP contribution in [0.15, 0.2) is 16.7 Å². The van der Waals surface area contributed by atoms with Gasteiger partial charge < -0.3 is 14.4 Å². The predicted molar refractivity (Wildman–Crippen MR) is 73.5 cm³/mol.